The number of rotatable bonds is 4. The highest BCUT2D eigenvalue weighted by Gasteiger charge is 2.23. The van der Waals surface area contributed by atoms with Crippen LogP contribution in [0.15, 0.2) is 0 Å². The number of amides is 1. The smallest absolute Gasteiger partial charge is 0.238 e. The zero-order valence-corrected chi connectivity index (χ0v) is 10.7. The Balaban J connectivity index is 2.33. The molecule has 1 aliphatic heterocycles. The summed E-state index contributed by atoms with van der Waals surface area (Å²) < 4.78 is 0. The van der Waals surface area contributed by atoms with Gasteiger partial charge in [-0.2, -0.15) is 11.8 Å². The van der Waals surface area contributed by atoms with Crippen LogP contribution in [0.2, 0.25) is 0 Å². The van der Waals surface area contributed by atoms with Gasteiger partial charge in [0.15, 0.2) is 0 Å². The van der Waals surface area contributed by atoms with Crippen molar-refractivity contribution in [2.45, 2.75) is 39.3 Å². The zero-order valence-electron chi connectivity index (χ0n) is 9.88. The number of thioether (sulfide) groups is 1. The summed E-state index contributed by atoms with van der Waals surface area (Å²) in [4.78, 5) is 11.8. The third-order valence-electron chi connectivity index (χ3n) is 3.11. The molecule has 4 heteroatoms. The van der Waals surface area contributed by atoms with Crippen molar-refractivity contribution < 1.29 is 4.79 Å². The topological polar surface area (TPSA) is 41.1 Å². The van der Waals surface area contributed by atoms with Crippen LogP contribution in [-0.4, -0.2) is 36.0 Å². The minimum Gasteiger partial charge on any atom is -0.352 e. The Morgan fingerprint density at radius 3 is 2.87 bits per heavy atom. The molecule has 3 nitrogen and oxygen atoms in total. The highest BCUT2D eigenvalue weighted by Crippen LogP contribution is 2.10. The molecule has 3 atom stereocenters. The molecule has 15 heavy (non-hydrogen) atoms. The van der Waals surface area contributed by atoms with Gasteiger partial charge in [-0.3, -0.25) is 4.79 Å². The van der Waals surface area contributed by atoms with E-state index in [9.17, 15) is 4.79 Å². The first kappa shape index (κ1) is 12.8. The van der Waals surface area contributed by atoms with Crippen LogP contribution in [0.5, 0.6) is 0 Å². The van der Waals surface area contributed by atoms with E-state index in [1.54, 1.807) is 0 Å². The Labute approximate surface area is 96.8 Å². The molecule has 1 heterocycles. The molecule has 1 rings (SSSR count). The first-order valence-corrected chi connectivity index (χ1v) is 6.92. The van der Waals surface area contributed by atoms with E-state index in [1.807, 2.05) is 11.8 Å². The summed E-state index contributed by atoms with van der Waals surface area (Å²) >= 11 is 1.85. The summed E-state index contributed by atoms with van der Waals surface area (Å²) in [6.45, 7) is 7.36. The van der Waals surface area contributed by atoms with Gasteiger partial charge < -0.3 is 10.6 Å². The summed E-state index contributed by atoms with van der Waals surface area (Å²) in [5, 5.41) is 6.33. The summed E-state index contributed by atoms with van der Waals surface area (Å²) in [6.07, 6.45) is 1.11. The van der Waals surface area contributed by atoms with Gasteiger partial charge in [0.25, 0.3) is 0 Å². The third-order valence-corrected chi connectivity index (χ3v) is 4.17. The molecular weight excluding hydrogens is 208 g/mol. The molecule has 2 N–H and O–H groups in total. The van der Waals surface area contributed by atoms with Gasteiger partial charge in [0, 0.05) is 24.1 Å². The number of nitrogens with one attached hydrogen (secondary N) is 2. The second-order valence-corrected chi connectivity index (χ2v) is 5.41. The molecule has 1 amide bonds. The molecule has 88 valence electrons. The minimum atomic E-state index is 0.00950. The second-order valence-electron chi connectivity index (χ2n) is 4.26. The van der Waals surface area contributed by atoms with E-state index in [-0.39, 0.29) is 18.0 Å². The van der Waals surface area contributed by atoms with Crippen molar-refractivity contribution in [1.82, 2.24) is 10.6 Å². The number of carbonyl (C=O) groups excluding carboxylic acids is 1. The molecule has 1 saturated heterocycles. The van der Waals surface area contributed by atoms with Gasteiger partial charge in [-0.25, -0.2) is 0 Å². The molecule has 1 aliphatic rings. The van der Waals surface area contributed by atoms with Gasteiger partial charge in [-0.05, 0) is 12.8 Å². The van der Waals surface area contributed by atoms with E-state index < -0.39 is 0 Å². The van der Waals surface area contributed by atoms with Gasteiger partial charge in [0.1, 0.15) is 0 Å². The van der Waals surface area contributed by atoms with Crippen molar-refractivity contribution in [2.24, 2.45) is 5.92 Å². The van der Waals surface area contributed by atoms with Gasteiger partial charge >= 0.3 is 0 Å². The lowest BCUT2D eigenvalue weighted by Gasteiger charge is -2.26. The highest BCUT2D eigenvalue weighted by atomic mass is 32.2. The van der Waals surface area contributed by atoms with E-state index in [2.05, 4.69) is 31.4 Å². The molecule has 0 radical (unpaired) electrons. The van der Waals surface area contributed by atoms with Gasteiger partial charge in [0.05, 0.1) is 6.04 Å². The fourth-order valence-corrected chi connectivity index (χ4v) is 2.49. The average Bonchev–Trinajstić information content (AvgIpc) is 2.29. The standard InChI is InChI=1S/C11H22N2OS/c1-4-8(2)9(3)13-11(14)10-7-15-6-5-12-10/h8-10,12H,4-7H2,1-3H3,(H,13,14). The van der Waals surface area contributed by atoms with Crippen LogP contribution in [-0.2, 0) is 4.79 Å². The van der Waals surface area contributed by atoms with Crippen LogP contribution in [0.25, 0.3) is 0 Å². The predicted octanol–water partition coefficient (Wildman–Crippen LogP) is 1.24. The summed E-state index contributed by atoms with van der Waals surface area (Å²) in [5.41, 5.74) is 0. The van der Waals surface area contributed by atoms with E-state index in [1.165, 1.54) is 0 Å². The maximum Gasteiger partial charge on any atom is 0.238 e. The summed E-state index contributed by atoms with van der Waals surface area (Å²) in [6, 6.07) is 0.284. The first-order valence-electron chi connectivity index (χ1n) is 5.76. The normalized spacial score (nSPS) is 25.7. The quantitative estimate of drug-likeness (QED) is 0.763. The molecule has 0 bridgehead atoms. The Hall–Kier alpha value is -0.220. The van der Waals surface area contributed by atoms with Crippen molar-refractivity contribution in [3.05, 3.63) is 0 Å². The Kier molecular flexibility index (Phi) is 5.47. The lowest BCUT2D eigenvalue weighted by atomic mass is 10.0. The first-order chi connectivity index (χ1) is 7.15. The molecule has 0 spiro atoms. The maximum atomic E-state index is 11.8. The Bertz CT molecular complexity index is 205. The lowest BCUT2D eigenvalue weighted by Crippen LogP contribution is -2.51. The molecule has 1 fully saturated rings. The number of carbonyl (C=O) groups is 1. The molecular formula is C11H22N2OS. The van der Waals surface area contributed by atoms with Crippen molar-refractivity contribution in [2.75, 3.05) is 18.1 Å². The van der Waals surface area contributed by atoms with E-state index in [0.29, 0.717) is 5.92 Å². The van der Waals surface area contributed by atoms with Crippen LogP contribution in [0.3, 0.4) is 0 Å². The van der Waals surface area contributed by atoms with Crippen molar-refractivity contribution in [3.63, 3.8) is 0 Å². The monoisotopic (exact) mass is 230 g/mol. The van der Waals surface area contributed by atoms with Gasteiger partial charge in [-0.1, -0.05) is 20.3 Å². The zero-order chi connectivity index (χ0) is 11.3. The molecule has 0 aromatic carbocycles. The van der Waals surface area contributed by atoms with Crippen molar-refractivity contribution in [3.8, 4) is 0 Å². The van der Waals surface area contributed by atoms with Crippen LogP contribution in [0, 0.1) is 5.92 Å². The molecule has 0 aromatic rings. The average molecular weight is 230 g/mol. The van der Waals surface area contributed by atoms with Crippen molar-refractivity contribution in [1.29, 1.82) is 0 Å². The fraction of sp³-hybridized carbons (Fsp3) is 0.909. The Morgan fingerprint density at radius 2 is 2.33 bits per heavy atom. The van der Waals surface area contributed by atoms with Crippen molar-refractivity contribution >= 4 is 17.7 Å². The van der Waals surface area contributed by atoms with Crippen LogP contribution in [0.1, 0.15) is 27.2 Å². The molecule has 0 aliphatic carbocycles. The SMILES string of the molecule is CCC(C)C(C)NC(=O)C1CSCCN1. The van der Waals surface area contributed by atoms with Crippen LogP contribution in [0.4, 0.5) is 0 Å². The molecule has 0 saturated carbocycles. The third kappa shape index (κ3) is 4.03. The summed E-state index contributed by atoms with van der Waals surface area (Å²) in [5.74, 6) is 2.73. The maximum absolute atomic E-state index is 11.8. The van der Waals surface area contributed by atoms with Gasteiger partial charge in [-0.15, -0.1) is 0 Å². The van der Waals surface area contributed by atoms with Crippen LogP contribution >= 0.6 is 11.8 Å². The highest BCUT2D eigenvalue weighted by molar-refractivity contribution is 7.99. The summed E-state index contributed by atoms with van der Waals surface area (Å²) in [7, 11) is 0. The largest absolute Gasteiger partial charge is 0.352 e. The Morgan fingerprint density at radius 1 is 1.60 bits per heavy atom. The number of hydrogen-bond donors (Lipinski definition) is 2. The van der Waals surface area contributed by atoms with Gasteiger partial charge in [0.2, 0.25) is 5.91 Å². The number of hydrogen-bond acceptors (Lipinski definition) is 3. The second kappa shape index (κ2) is 6.38. The fourth-order valence-electron chi connectivity index (χ4n) is 1.55. The lowest BCUT2D eigenvalue weighted by molar-refractivity contribution is -0.123. The predicted molar refractivity (Wildman–Crippen MR) is 66.2 cm³/mol. The van der Waals surface area contributed by atoms with Crippen LogP contribution < -0.4 is 10.6 Å². The van der Waals surface area contributed by atoms with E-state index in [4.69, 9.17) is 0 Å². The molecule has 0 aromatic heterocycles. The van der Waals surface area contributed by atoms with E-state index in [0.717, 1.165) is 24.5 Å². The minimum absolute atomic E-state index is 0.00950. The van der Waals surface area contributed by atoms with E-state index >= 15 is 0 Å². The molecule has 3 unspecified atom stereocenters.